The predicted molar refractivity (Wildman–Crippen MR) is 67.6 cm³/mol. The Balaban J connectivity index is 2.21. The molecule has 0 saturated carbocycles. The lowest BCUT2D eigenvalue weighted by Crippen LogP contribution is -2.13. The van der Waals surface area contributed by atoms with Gasteiger partial charge >= 0.3 is 0 Å². The van der Waals surface area contributed by atoms with E-state index in [-0.39, 0.29) is 0 Å². The van der Waals surface area contributed by atoms with Gasteiger partial charge in [-0.25, -0.2) is 0 Å². The second kappa shape index (κ2) is 5.19. The fourth-order valence-electron chi connectivity index (χ4n) is 1.86. The summed E-state index contributed by atoms with van der Waals surface area (Å²) in [6.45, 7) is 6.00. The summed E-state index contributed by atoms with van der Waals surface area (Å²) < 4.78 is 7.41. The van der Waals surface area contributed by atoms with Gasteiger partial charge in [-0.3, -0.25) is 4.68 Å². The second-order valence-electron chi connectivity index (χ2n) is 4.20. The van der Waals surface area contributed by atoms with Gasteiger partial charge in [0.05, 0.1) is 19.0 Å². The maximum Gasteiger partial charge on any atom is 0.125 e. The molecular formula is C13H19N3O. The van der Waals surface area contributed by atoms with E-state index in [1.54, 1.807) is 6.26 Å². The molecule has 92 valence electrons. The van der Waals surface area contributed by atoms with Gasteiger partial charge in [0.25, 0.3) is 0 Å². The normalized spacial score (nSPS) is 11.0. The number of furan rings is 1. The molecule has 0 spiro atoms. The van der Waals surface area contributed by atoms with E-state index >= 15 is 0 Å². The van der Waals surface area contributed by atoms with Crippen molar-refractivity contribution in [3.8, 4) is 11.1 Å². The standard InChI is InChI=1S/C13H19N3O/c1-4-6-14-9-13-11(5-7-17-13)12-8-15-16(3)10(12)2/h5,7-8,14H,4,6,9H2,1-3H3. The van der Waals surface area contributed by atoms with E-state index in [1.807, 2.05) is 24.0 Å². The van der Waals surface area contributed by atoms with Crippen molar-refractivity contribution in [3.05, 3.63) is 30.0 Å². The first-order valence-corrected chi connectivity index (χ1v) is 6.00. The predicted octanol–water partition coefficient (Wildman–Crippen LogP) is 2.49. The lowest BCUT2D eigenvalue weighted by Gasteiger charge is -2.03. The first-order chi connectivity index (χ1) is 8.24. The smallest absolute Gasteiger partial charge is 0.125 e. The molecule has 0 aromatic carbocycles. The molecule has 0 unspecified atom stereocenters. The zero-order valence-corrected chi connectivity index (χ0v) is 10.7. The minimum atomic E-state index is 0.768. The first kappa shape index (κ1) is 11.9. The Morgan fingerprint density at radius 3 is 2.88 bits per heavy atom. The van der Waals surface area contributed by atoms with Gasteiger partial charge in [-0.15, -0.1) is 0 Å². The Morgan fingerprint density at radius 1 is 1.41 bits per heavy atom. The van der Waals surface area contributed by atoms with Crippen molar-refractivity contribution >= 4 is 0 Å². The van der Waals surface area contributed by atoms with Gasteiger partial charge in [-0.1, -0.05) is 6.92 Å². The van der Waals surface area contributed by atoms with E-state index < -0.39 is 0 Å². The lowest BCUT2D eigenvalue weighted by molar-refractivity contribution is 0.484. The fourth-order valence-corrected chi connectivity index (χ4v) is 1.86. The van der Waals surface area contributed by atoms with Crippen LogP contribution in [0, 0.1) is 6.92 Å². The van der Waals surface area contributed by atoms with Crippen molar-refractivity contribution in [2.75, 3.05) is 6.54 Å². The Labute approximate surface area is 102 Å². The van der Waals surface area contributed by atoms with Crippen molar-refractivity contribution in [2.24, 2.45) is 7.05 Å². The van der Waals surface area contributed by atoms with E-state index in [0.717, 1.165) is 42.1 Å². The molecule has 0 radical (unpaired) electrons. The van der Waals surface area contributed by atoms with Crippen LogP contribution in [-0.2, 0) is 13.6 Å². The zero-order valence-electron chi connectivity index (χ0n) is 10.7. The SMILES string of the molecule is CCCNCc1occc1-c1cnn(C)c1C. The third kappa shape index (κ3) is 2.42. The van der Waals surface area contributed by atoms with Crippen LogP contribution in [-0.4, -0.2) is 16.3 Å². The molecule has 4 heteroatoms. The van der Waals surface area contributed by atoms with Gasteiger partial charge in [0.2, 0.25) is 0 Å². The molecule has 0 atom stereocenters. The highest BCUT2D eigenvalue weighted by atomic mass is 16.3. The number of nitrogens with one attached hydrogen (secondary N) is 1. The van der Waals surface area contributed by atoms with Gasteiger partial charge in [-0.05, 0) is 26.0 Å². The molecule has 4 nitrogen and oxygen atoms in total. The van der Waals surface area contributed by atoms with Gasteiger partial charge in [0.15, 0.2) is 0 Å². The van der Waals surface area contributed by atoms with E-state index in [4.69, 9.17) is 4.42 Å². The average Bonchev–Trinajstić information content (AvgIpc) is 2.89. The molecule has 2 aromatic rings. The summed E-state index contributed by atoms with van der Waals surface area (Å²) in [4.78, 5) is 0. The molecule has 1 N–H and O–H groups in total. The minimum Gasteiger partial charge on any atom is -0.467 e. The number of rotatable bonds is 5. The van der Waals surface area contributed by atoms with Crippen molar-refractivity contribution in [1.82, 2.24) is 15.1 Å². The highest BCUT2D eigenvalue weighted by Crippen LogP contribution is 2.27. The van der Waals surface area contributed by atoms with Crippen LogP contribution in [0.2, 0.25) is 0 Å². The molecule has 0 bridgehead atoms. The molecule has 2 aromatic heterocycles. The molecule has 0 aliphatic rings. The summed E-state index contributed by atoms with van der Waals surface area (Å²) in [5.41, 5.74) is 3.44. The molecule has 0 amide bonds. The van der Waals surface area contributed by atoms with Crippen LogP contribution in [0.1, 0.15) is 24.8 Å². The molecular weight excluding hydrogens is 214 g/mol. The van der Waals surface area contributed by atoms with E-state index in [9.17, 15) is 0 Å². The van der Waals surface area contributed by atoms with Crippen molar-refractivity contribution < 1.29 is 4.42 Å². The maximum atomic E-state index is 5.53. The summed E-state index contributed by atoms with van der Waals surface area (Å²) >= 11 is 0. The molecule has 0 aliphatic heterocycles. The second-order valence-corrected chi connectivity index (χ2v) is 4.20. The summed E-state index contributed by atoms with van der Waals surface area (Å²) in [5.74, 6) is 0.981. The van der Waals surface area contributed by atoms with Gasteiger partial charge in [-0.2, -0.15) is 5.10 Å². The topological polar surface area (TPSA) is 43.0 Å². The lowest BCUT2D eigenvalue weighted by atomic mass is 10.1. The zero-order chi connectivity index (χ0) is 12.3. The third-order valence-electron chi connectivity index (χ3n) is 2.98. The van der Waals surface area contributed by atoms with Crippen LogP contribution in [0.4, 0.5) is 0 Å². The minimum absolute atomic E-state index is 0.768. The van der Waals surface area contributed by atoms with Crippen LogP contribution in [0.3, 0.4) is 0 Å². The molecule has 0 aliphatic carbocycles. The van der Waals surface area contributed by atoms with Gasteiger partial charge in [0, 0.05) is 23.9 Å². The summed E-state index contributed by atoms with van der Waals surface area (Å²) in [7, 11) is 1.95. The Bertz CT molecular complexity index is 485. The van der Waals surface area contributed by atoms with Crippen molar-refractivity contribution in [2.45, 2.75) is 26.8 Å². The highest BCUT2D eigenvalue weighted by molar-refractivity contribution is 5.67. The van der Waals surface area contributed by atoms with Crippen LogP contribution < -0.4 is 5.32 Å². The van der Waals surface area contributed by atoms with E-state index in [0.29, 0.717) is 0 Å². The first-order valence-electron chi connectivity index (χ1n) is 6.00. The molecule has 0 saturated heterocycles. The summed E-state index contributed by atoms with van der Waals surface area (Å²) in [6, 6.07) is 2.01. The Hall–Kier alpha value is -1.55. The van der Waals surface area contributed by atoms with Gasteiger partial charge in [0.1, 0.15) is 5.76 Å². The van der Waals surface area contributed by atoms with Crippen LogP contribution in [0.5, 0.6) is 0 Å². The average molecular weight is 233 g/mol. The molecule has 2 heterocycles. The number of aromatic nitrogens is 2. The maximum absolute atomic E-state index is 5.53. The molecule has 2 rings (SSSR count). The number of aryl methyl sites for hydroxylation is 1. The number of nitrogens with zero attached hydrogens (tertiary/aromatic N) is 2. The van der Waals surface area contributed by atoms with E-state index in [2.05, 4.69) is 24.3 Å². The van der Waals surface area contributed by atoms with Crippen LogP contribution in [0.15, 0.2) is 22.9 Å². The highest BCUT2D eigenvalue weighted by Gasteiger charge is 2.13. The summed E-state index contributed by atoms with van der Waals surface area (Å²) in [6.07, 6.45) is 4.76. The molecule has 0 fully saturated rings. The largest absolute Gasteiger partial charge is 0.467 e. The van der Waals surface area contributed by atoms with Crippen molar-refractivity contribution in [3.63, 3.8) is 0 Å². The quantitative estimate of drug-likeness (QED) is 0.807. The Morgan fingerprint density at radius 2 is 2.24 bits per heavy atom. The molecule has 17 heavy (non-hydrogen) atoms. The fraction of sp³-hybridized carbons (Fsp3) is 0.462. The number of hydrogen-bond donors (Lipinski definition) is 1. The van der Waals surface area contributed by atoms with Crippen molar-refractivity contribution in [1.29, 1.82) is 0 Å². The van der Waals surface area contributed by atoms with Gasteiger partial charge < -0.3 is 9.73 Å². The summed E-state index contributed by atoms with van der Waals surface area (Å²) in [5, 5.41) is 7.62. The van der Waals surface area contributed by atoms with Crippen LogP contribution >= 0.6 is 0 Å². The number of hydrogen-bond acceptors (Lipinski definition) is 3. The monoisotopic (exact) mass is 233 g/mol. The third-order valence-corrected chi connectivity index (χ3v) is 2.98. The Kier molecular flexibility index (Phi) is 3.64. The van der Waals surface area contributed by atoms with E-state index in [1.165, 1.54) is 0 Å². The van der Waals surface area contributed by atoms with Crippen LogP contribution in [0.25, 0.3) is 11.1 Å².